The number of rotatable bonds is 7. The summed E-state index contributed by atoms with van der Waals surface area (Å²) in [5.74, 6) is 0.0845. The fraction of sp³-hybridized carbons (Fsp3) is 0.571. The van der Waals surface area contributed by atoms with E-state index in [0.717, 1.165) is 6.42 Å². The van der Waals surface area contributed by atoms with Crippen molar-refractivity contribution in [3.8, 4) is 5.75 Å². The maximum Gasteiger partial charge on any atom is 0.124 e. The quantitative estimate of drug-likeness (QED) is 0.814. The van der Waals surface area contributed by atoms with E-state index in [2.05, 4.69) is 0 Å². The average molecular weight is 256 g/mol. The molecule has 0 aliphatic carbocycles. The minimum Gasteiger partial charge on any atom is -0.496 e. The van der Waals surface area contributed by atoms with Gasteiger partial charge >= 0.3 is 0 Å². The van der Waals surface area contributed by atoms with Crippen molar-refractivity contribution in [2.75, 3.05) is 13.7 Å². The molecule has 0 heterocycles. The van der Waals surface area contributed by atoms with E-state index in [1.165, 1.54) is 25.3 Å². The van der Waals surface area contributed by atoms with Gasteiger partial charge in [0.05, 0.1) is 13.2 Å². The predicted molar refractivity (Wildman–Crippen MR) is 68.2 cm³/mol. The van der Waals surface area contributed by atoms with Crippen LogP contribution in [-0.4, -0.2) is 24.9 Å². The van der Waals surface area contributed by atoms with Gasteiger partial charge in [0.15, 0.2) is 0 Å². The highest BCUT2D eigenvalue weighted by Crippen LogP contribution is 2.30. The third-order valence-corrected chi connectivity index (χ3v) is 2.82. The SMILES string of the molecule is CCCC(OCC)C(O)c1cc(F)ccc1OC. The summed E-state index contributed by atoms with van der Waals surface area (Å²) in [7, 11) is 1.50. The van der Waals surface area contributed by atoms with Crippen LogP contribution in [0.15, 0.2) is 18.2 Å². The summed E-state index contributed by atoms with van der Waals surface area (Å²) in [6.07, 6.45) is 0.389. The standard InChI is InChI=1S/C14H21FO3/c1-4-6-13(18-5-2)14(16)11-9-10(15)7-8-12(11)17-3/h7-9,13-14,16H,4-6H2,1-3H3. The normalized spacial score (nSPS) is 14.3. The van der Waals surface area contributed by atoms with E-state index < -0.39 is 11.9 Å². The fourth-order valence-electron chi connectivity index (χ4n) is 1.97. The summed E-state index contributed by atoms with van der Waals surface area (Å²) in [6.45, 7) is 4.40. The van der Waals surface area contributed by atoms with Crippen LogP contribution in [0.2, 0.25) is 0 Å². The molecular weight excluding hydrogens is 235 g/mol. The molecule has 3 nitrogen and oxygen atoms in total. The van der Waals surface area contributed by atoms with Crippen molar-refractivity contribution >= 4 is 0 Å². The number of benzene rings is 1. The molecule has 2 unspecified atom stereocenters. The van der Waals surface area contributed by atoms with Crippen LogP contribution in [0.5, 0.6) is 5.75 Å². The van der Waals surface area contributed by atoms with Crippen LogP contribution in [0.1, 0.15) is 38.4 Å². The molecule has 1 N–H and O–H groups in total. The molecule has 0 fully saturated rings. The summed E-state index contributed by atoms with van der Waals surface area (Å²) in [4.78, 5) is 0. The van der Waals surface area contributed by atoms with Gasteiger partial charge < -0.3 is 14.6 Å². The monoisotopic (exact) mass is 256 g/mol. The Labute approximate surface area is 108 Å². The number of hydrogen-bond acceptors (Lipinski definition) is 3. The highest BCUT2D eigenvalue weighted by atomic mass is 19.1. The number of aliphatic hydroxyl groups is 1. The van der Waals surface area contributed by atoms with Crippen LogP contribution in [0.25, 0.3) is 0 Å². The van der Waals surface area contributed by atoms with E-state index in [4.69, 9.17) is 9.47 Å². The molecule has 0 amide bonds. The highest BCUT2D eigenvalue weighted by Gasteiger charge is 2.24. The molecule has 0 aliphatic heterocycles. The number of hydrogen-bond donors (Lipinski definition) is 1. The van der Waals surface area contributed by atoms with Crippen molar-refractivity contribution in [2.45, 2.75) is 38.9 Å². The van der Waals surface area contributed by atoms with Gasteiger partial charge in [0.2, 0.25) is 0 Å². The zero-order valence-corrected chi connectivity index (χ0v) is 11.1. The topological polar surface area (TPSA) is 38.7 Å². The maximum absolute atomic E-state index is 13.3. The van der Waals surface area contributed by atoms with E-state index in [1.807, 2.05) is 13.8 Å². The smallest absolute Gasteiger partial charge is 0.124 e. The van der Waals surface area contributed by atoms with Gasteiger partial charge in [-0.25, -0.2) is 4.39 Å². The molecule has 1 aromatic rings. The summed E-state index contributed by atoms with van der Waals surface area (Å²) >= 11 is 0. The van der Waals surface area contributed by atoms with E-state index in [0.29, 0.717) is 24.3 Å². The predicted octanol–water partition coefficient (Wildman–Crippen LogP) is 3.07. The van der Waals surface area contributed by atoms with Gasteiger partial charge in [-0.3, -0.25) is 0 Å². The molecule has 0 spiro atoms. The molecule has 1 rings (SSSR count). The molecule has 4 heteroatoms. The largest absolute Gasteiger partial charge is 0.496 e. The van der Waals surface area contributed by atoms with Crippen molar-refractivity contribution in [1.82, 2.24) is 0 Å². The van der Waals surface area contributed by atoms with E-state index in [9.17, 15) is 9.50 Å². The van der Waals surface area contributed by atoms with Gasteiger partial charge in [-0.2, -0.15) is 0 Å². The summed E-state index contributed by atoms with van der Waals surface area (Å²) in [5.41, 5.74) is 0.435. The Bertz CT molecular complexity index is 362. The molecule has 0 radical (unpaired) electrons. The van der Waals surface area contributed by atoms with Crippen LogP contribution < -0.4 is 4.74 Å². The lowest BCUT2D eigenvalue weighted by Gasteiger charge is -2.24. The number of aliphatic hydroxyl groups excluding tert-OH is 1. The Balaban J connectivity index is 2.98. The Hall–Kier alpha value is -1.13. The first-order valence-electron chi connectivity index (χ1n) is 6.27. The molecule has 0 bridgehead atoms. The van der Waals surface area contributed by atoms with Crippen LogP contribution in [0, 0.1) is 5.82 Å². The van der Waals surface area contributed by atoms with Crippen molar-refractivity contribution in [3.05, 3.63) is 29.6 Å². The zero-order chi connectivity index (χ0) is 13.5. The molecular formula is C14H21FO3. The molecule has 102 valence electrons. The first-order valence-corrected chi connectivity index (χ1v) is 6.27. The second kappa shape index (κ2) is 7.34. The fourth-order valence-corrected chi connectivity index (χ4v) is 1.97. The van der Waals surface area contributed by atoms with Gasteiger partial charge in [-0.05, 0) is 31.5 Å². The molecule has 2 atom stereocenters. The summed E-state index contributed by atoms with van der Waals surface area (Å²) in [5, 5.41) is 10.3. The summed E-state index contributed by atoms with van der Waals surface area (Å²) in [6, 6.07) is 4.12. The second-order valence-electron chi connectivity index (χ2n) is 4.11. The van der Waals surface area contributed by atoms with Gasteiger partial charge in [-0.15, -0.1) is 0 Å². The highest BCUT2D eigenvalue weighted by molar-refractivity contribution is 5.36. The van der Waals surface area contributed by atoms with E-state index >= 15 is 0 Å². The van der Waals surface area contributed by atoms with E-state index in [1.54, 1.807) is 0 Å². The maximum atomic E-state index is 13.3. The molecule has 0 aliphatic rings. The van der Waals surface area contributed by atoms with Crippen molar-refractivity contribution < 1.29 is 19.0 Å². The Morgan fingerprint density at radius 2 is 2.06 bits per heavy atom. The zero-order valence-electron chi connectivity index (χ0n) is 11.1. The van der Waals surface area contributed by atoms with Gasteiger partial charge in [0.25, 0.3) is 0 Å². The minimum absolute atomic E-state index is 0.337. The van der Waals surface area contributed by atoms with Gasteiger partial charge in [-0.1, -0.05) is 13.3 Å². The van der Waals surface area contributed by atoms with Crippen molar-refractivity contribution in [3.63, 3.8) is 0 Å². The lowest BCUT2D eigenvalue weighted by atomic mass is 10.00. The molecule has 0 saturated heterocycles. The van der Waals surface area contributed by atoms with Crippen LogP contribution in [0.3, 0.4) is 0 Å². The Morgan fingerprint density at radius 3 is 2.61 bits per heavy atom. The Morgan fingerprint density at radius 1 is 1.33 bits per heavy atom. The van der Waals surface area contributed by atoms with Crippen molar-refractivity contribution in [2.24, 2.45) is 0 Å². The number of methoxy groups -OCH3 is 1. The first-order chi connectivity index (χ1) is 8.63. The number of ether oxygens (including phenoxy) is 2. The first kappa shape index (κ1) is 14.9. The minimum atomic E-state index is -0.879. The summed E-state index contributed by atoms with van der Waals surface area (Å²) < 4.78 is 23.9. The second-order valence-corrected chi connectivity index (χ2v) is 4.11. The van der Waals surface area contributed by atoms with Crippen LogP contribution in [-0.2, 0) is 4.74 Å². The third kappa shape index (κ3) is 3.68. The molecule has 1 aromatic carbocycles. The van der Waals surface area contributed by atoms with E-state index in [-0.39, 0.29) is 6.10 Å². The Kier molecular flexibility index (Phi) is 6.09. The average Bonchev–Trinajstić information content (AvgIpc) is 2.37. The lowest BCUT2D eigenvalue weighted by Crippen LogP contribution is -2.23. The molecule has 0 saturated carbocycles. The third-order valence-electron chi connectivity index (χ3n) is 2.82. The van der Waals surface area contributed by atoms with Crippen LogP contribution in [0.4, 0.5) is 4.39 Å². The lowest BCUT2D eigenvalue weighted by molar-refractivity contribution is -0.0393. The number of halogens is 1. The van der Waals surface area contributed by atoms with Gasteiger partial charge in [0, 0.05) is 12.2 Å². The van der Waals surface area contributed by atoms with Crippen LogP contribution >= 0.6 is 0 Å². The van der Waals surface area contributed by atoms with Gasteiger partial charge in [0.1, 0.15) is 17.7 Å². The van der Waals surface area contributed by atoms with Crippen molar-refractivity contribution in [1.29, 1.82) is 0 Å². The molecule has 18 heavy (non-hydrogen) atoms. The molecule has 0 aromatic heterocycles.